The number of morpholine rings is 1. The highest BCUT2D eigenvalue weighted by molar-refractivity contribution is 6.99. The van der Waals surface area contributed by atoms with Gasteiger partial charge in [0.2, 0.25) is 12.4 Å². The van der Waals surface area contributed by atoms with Crippen LogP contribution in [0.25, 0.3) is 0 Å². The van der Waals surface area contributed by atoms with Crippen molar-refractivity contribution < 1.29 is 19.0 Å². The quantitative estimate of drug-likeness (QED) is 0.333. The molecule has 1 aromatic heterocycles. The van der Waals surface area contributed by atoms with Crippen molar-refractivity contribution in [2.24, 2.45) is 0 Å². The Labute approximate surface area is 243 Å². The fourth-order valence-electron chi connectivity index (χ4n) is 5.85. The van der Waals surface area contributed by atoms with Gasteiger partial charge in [-0.1, -0.05) is 93.0 Å². The van der Waals surface area contributed by atoms with Crippen LogP contribution >= 0.6 is 11.6 Å². The van der Waals surface area contributed by atoms with Crippen LogP contribution in [0.4, 0.5) is 11.8 Å². The van der Waals surface area contributed by atoms with E-state index < -0.39 is 20.3 Å². The van der Waals surface area contributed by atoms with Crippen LogP contribution in [0.3, 0.4) is 0 Å². The summed E-state index contributed by atoms with van der Waals surface area (Å²) in [6.07, 6.45) is -1.22. The first-order chi connectivity index (χ1) is 19.0. The number of benzene rings is 2. The molecular weight excluding hydrogens is 544 g/mol. The smallest absolute Gasteiger partial charge is 0.261 e. The zero-order valence-corrected chi connectivity index (χ0v) is 25.6. The number of hydrogen-bond acceptors (Lipinski definition) is 8. The second-order valence-corrected chi connectivity index (χ2v) is 16.6. The van der Waals surface area contributed by atoms with Crippen LogP contribution in [-0.2, 0) is 13.9 Å². The Morgan fingerprint density at radius 1 is 1.00 bits per heavy atom. The summed E-state index contributed by atoms with van der Waals surface area (Å²) in [5.41, 5.74) is -0.735. The Morgan fingerprint density at radius 3 is 2.12 bits per heavy atom. The molecule has 8 nitrogen and oxygen atoms in total. The van der Waals surface area contributed by atoms with Crippen molar-refractivity contribution in [3.8, 4) is 0 Å². The van der Waals surface area contributed by atoms with E-state index in [4.69, 9.17) is 30.5 Å². The lowest BCUT2D eigenvalue weighted by Crippen LogP contribution is -2.67. The number of aliphatic hydroxyl groups excluding tert-OH is 1. The molecule has 1 N–H and O–H groups in total. The number of hydrogen-bond donors (Lipinski definition) is 1. The van der Waals surface area contributed by atoms with Gasteiger partial charge in [0.25, 0.3) is 8.32 Å². The number of rotatable bonds is 7. The van der Waals surface area contributed by atoms with Crippen LogP contribution < -0.4 is 20.2 Å². The lowest BCUT2D eigenvalue weighted by atomic mass is 10.00. The third-order valence-corrected chi connectivity index (χ3v) is 13.1. The van der Waals surface area contributed by atoms with E-state index in [1.54, 1.807) is 11.0 Å². The topological polar surface area (TPSA) is 80.2 Å². The molecule has 40 heavy (non-hydrogen) atoms. The lowest BCUT2D eigenvalue weighted by Gasteiger charge is -2.44. The van der Waals surface area contributed by atoms with Crippen molar-refractivity contribution in [1.29, 1.82) is 0 Å². The third kappa shape index (κ3) is 5.51. The van der Waals surface area contributed by atoms with Gasteiger partial charge in [0.1, 0.15) is 11.0 Å². The Kier molecular flexibility index (Phi) is 8.25. The van der Waals surface area contributed by atoms with Crippen LogP contribution in [0.1, 0.15) is 34.6 Å². The number of halogens is 1. The first kappa shape index (κ1) is 29.0. The molecule has 2 aliphatic rings. The van der Waals surface area contributed by atoms with Crippen molar-refractivity contribution in [3.63, 3.8) is 0 Å². The van der Waals surface area contributed by atoms with E-state index in [1.807, 2.05) is 30.9 Å². The van der Waals surface area contributed by atoms with E-state index in [0.29, 0.717) is 49.8 Å². The zero-order valence-electron chi connectivity index (χ0n) is 23.9. The van der Waals surface area contributed by atoms with Gasteiger partial charge < -0.3 is 23.9 Å². The van der Waals surface area contributed by atoms with Gasteiger partial charge in [0.15, 0.2) is 0 Å². The highest BCUT2D eigenvalue weighted by atomic mass is 35.5. The van der Waals surface area contributed by atoms with Gasteiger partial charge in [-0.3, -0.25) is 4.90 Å². The Balaban J connectivity index is 1.54. The van der Waals surface area contributed by atoms with E-state index in [9.17, 15) is 5.11 Å². The molecule has 10 heteroatoms. The molecule has 3 aromatic rings. The molecule has 1 unspecified atom stereocenters. The Morgan fingerprint density at radius 2 is 1.57 bits per heavy atom. The highest BCUT2D eigenvalue weighted by Crippen LogP contribution is 2.40. The van der Waals surface area contributed by atoms with E-state index in [0.717, 1.165) is 0 Å². The monoisotopic (exact) mass is 582 g/mol. The summed E-state index contributed by atoms with van der Waals surface area (Å²) in [5.74, 6) is 1.00. The molecular formula is C30H39ClN4O4Si. The third-order valence-electron chi connectivity index (χ3n) is 7.89. The molecule has 0 spiro atoms. The van der Waals surface area contributed by atoms with Crippen molar-refractivity contribution in [2.45, 2.75) is 57.7 Å². The number of ether oxygens (including phenoxy) is 2. The fraction of sp³-hybridized carbons (Fsp3) is 0.467. The predicted molar refractivity (Wildman–Crippen MR) is 161 cm³/mol. The standard InChI is InChI=1S/C30H39ClN4O4Si/c1-29(2,3)40(22-12-8-6-9-13-22,23-14-10-7-11-15-23)38-21-24-30(4,5)39-28(36)35(24)26-20-25(31)32-27(33-26)34-16-18-37-19-17-34/h6-15,20,24,28,36H,16-19,21H2,1-5H3/t24-,28?/m0/s1. The highest BCUT2D eigenvalue weighted by Gasteiger charge is 2.54. The number of aliphatic hydroxyl groups is 1. The lowest BCUT2D eigenvalue weighted by molar-refractivity contribution is -0.124. The maximum atomic E-state index is 11.2. The molecule has 214 valence electrons. The van der Waals surface area contributed by atoms with E-state index in [-0.39, 0.29) is 11.1 Å². The molecule has 2 fully saturated rings. The van der Waals surface area contributed by atoms with Gasteiger partial charge in [0, 0.05) is 19.2 Å². The van der Waals surface area contributed by atoms with Crippen LogP contribution in [0, 0.1) is 0 Å². The summed E-state index contributed by atoms with van der Waals surface area (Å²) in [6.45, 7) is 13.6. The van der Waals surface area contributed by atoms with Crippen molar-refractivity contribution in [2.75, 3.05) is 42.7 Å². The molecule has 0 bridgehead atoms. The SMILES string of the molecule is CC1(C)OC(O)N(c2cc(Cl)nc(N3CCOCC3)n2)[C@H]1CO[Si](c1ccccc1)(c1ccccc1)C(C)(C)C. The molecule has 0 radical (unpaired) electrons. The molecule has 5 rings (SSSR count). The van der Waals surface area contributed by atoms with E-state index in [2.05, 4.69) is 74.3 Å². The van der Waals surface area contributed by atoms with Gasteiger partial charge >= 0.3 is 0 Å². The van der Waals surface area contributed by atoms with Gasteiger partial charge in [-0.2, -0.15) is 4.98 Å². The summed E-state index contributed by atoms with van der Waals surface area (Å²) < 4.78 is 18.9. The first-order valence-electron chi connectivity index (χ1n) is 13.8. The number of anilines is 2. The minimum Gasteiger partial charge on any atom is -0.405 e. The van der Waals surface area contributed by atoms with Gasteiger partial charge in [0.05, 0.1) is 31.5 Å². The first-order valence-corrected chi connectivity index (χ1v) is 16.1. The van der Waals surface area contributed by atoms with Crippen molar-refractivity contribution in [3.05, 3.63) is 71.9 Å². The van der Waals surface area contributed by atoms with Crippen LogP contribution in [-0.4, -0.2) is 74.4 Å². The number of aromatic nitrogens is 2. The maximum Gasteiger partial charge on any atom is 0.261 e. The van der Waals surface area contributed by atoms with Gasteiger partial charge in [-0.15, -0.1) is 0 Å². The predicted octanol–water partition coefficient (Wildman–Crippen LogP) is 3.80. The average Bonchev–Trinajstić information content (AvgIpc) is 3.16. The molecule has 3 heterocycles. The van der Waals surface area contributed by atoms with Crippen LogP contribution in [0.2, 0.25) is 10.2 Å². The molecule has 2 atom stereocenters. The average molecular weight is 583 g/mol. The van der Waals surface area contributed by atoms with Gasteiger partial charge in [-0.25, -0.2) is 4.98 Å². The van der Waals surface area contributed by atoms with Gasteiger partial charge in [-0.05, 0) is 29.3 Å². The van der Waals surface area contributed by atoms with Crippen LogP contribution in [0.5, 0.6) is 0 Å². The molecule has 2 aromatic carbocycles. The minimum atomic E-state index is -2.83. The number of nitrogens with zero attached hydrogens (tertiary/aromatic N) is 4. The molecule has 0 amide bonds. The van der Waals surface area contributed by atoms with E-state index in [1.165, 1.54) is 10.4 Å². The normalized spacial score (nSPS) is 21.6. The summed E-state index contributed by atoms with van der Waals surface area (Å²) in [5, 5.41) is 13.7. The van der Waals surface area contributed by atoms with Crippen LogP contribution in [0.15, 0.2) is 66.7 Å². The molecule has 2 aliphatic heterocycles. The Hall–Kier alpha value is -2.53. The summed E-state index contributed by atoms with van der Waals surface area (Å²) in [7, 11) is -2.83. The minimum absolute atomic E-state index is 0.190. The van der Waals surface area contributed by atoms with Crippen molar-refractivity contribution in [1.82, 2.24) is 9.97 Å². The molecule has 2 saturated heterocycles. The van der Waals surface area contributed by atoms with Crippen molar-refractivity contribution >= 4 is 42.1 Å². The largest absolute Gasteiger partial charge is 0.405 e. The summed E-state index contributed by atoms with van der Waals surface area (Å²) >= 11 is 6.50. The summed E-state index contributed by atoms with van der Waals surface area (Å²) in [4.78, 5) is 13.1. The summed E-state index contributed by atoms with van der Waals surface area (Å²) in [6, 6.07) is 22.4. The molecule has 0 saturated carbocycles. The maximum absolute atomic E-state index is 11.2. The second-order valence-electron chi connectivity index (χ2n) is 11.9. The Bertz CT molecular complexity index is 1250. The molecule has 0 aliphatic carbocycles. The second kappa shape index (κ2) is 11.4. The fourth-order valence-corrected chi connectivity index (χ4v) is 10.6. The zero-order chi connectivity index (χ0) is 28.5. The van der Waals surface area contributed by atoms with E-state index >= 15 is 0 Å².